The van der Waals surface area contributed by atoms with E-state index in [9.17, 15) is 31.9 Å². The number of phenols is 1. The first-order valence-electron chi connectivity index (χ1n) is 10.1. The fraction of sp³-hybridized carbons (Fsp3) is 0.174. The molecule has 36 heavy (non-hydrogen) atoms. The number of phenolic OH excluding ortho intramolecular Hbond substituents is 1. The van der Waals surface area contributed by atoms with E-state index in [4.69, 9.17) is 22.1 Å². The molecule has 0 fully saturated rings. The summed E-state index contributed by atoms with van der Waals surface area (Å²) in [6, 6.07) is 7.08. The van der Waals surface area contributed by atoms with Crippen molar-refractivity contribution in [1.82, 2.24) is 0 Å². The standard InChI is InChI=1S/C23H18ClF5N2O4S/c1-11(9-30)34-20-3-2-13(35-23(27,28)29)6-15(20)14-7-19(18(26)8-17(14)25)31-36-21-5-12(10-32)4-16(24)22(21)33/h2-8,10-11,31,33H,9,30H2,1H3. The molecule has 0 aliphatic carbocycles. The molecule has 0 saturated heterocycles. The van der Waals surface area contributed by atoms with Crippen molar-refractivity contribution in [2.45, 2.75) is 24.3 Å². The highest BCUT2D eigenvalue weighted by Crippen LogP contribution is 2.41. The minimum atomic E-state index is -5.01. The van der Waals surface area contributed by atoms with Crippen molar-refractivity contribution in [3.05, 3.63) is 64.7 Å². The number of hydrogen-bond donors (Lipinski definition) is 3. The first kappa shape index (κ1) is 27.4. The lowest BCUT2D eigenvalue weighted by Crippen LogP contribution is -2.23. The summed E-state index contributed by atoms with van der Waals surface area (Å²) in [5.74, 6) is -3.18. The zero-order valence-corrected chi connectivity index (χ0v) is 19.9. The lowest BCUT2D eigenvalue weighted by Gasteiger charge is -2.19. The number of benzene rings is 3. The summed E-state index contributed by atoms with van der Waals surface area (Å²) in [5.41, 5.74) is 4.93. The van der Waals surface area contributed by atoms with E-state index < -0.39 is 29.9 Å². The van der Waals surface area contributed by atoms with Crippen LogP contribution in [0.15, 0.2) is 47.4 Å². The number of rotatable bonds is 9. The number of alkyl halides is 3. The molecule has 6 nitrogen and oxygen atoms in total. The van der Waals surface area contributed by atoms with Gasteiger partial charge in [-0.1, -0.05) is 11.6 Å². The van der Waals surface area contributed by atoms with E-state index in [0.717, 1.165) is 24.3 Å². The molecule has 4 N–H and O–H groups in total. The smallest absolute Gasteiger partial charge is 0.505 e. The molecule has 0 heterocycles. The number of nitrogens with two attached hydrogens (primary N) is 1. The van der Waals surface area contributed by atoms with E-state index in [2.05, 4.69) is 9.46 Å². The van der Waals surface area contributed by atoms with Crippen molar-refractivity contribution < 1.29 is 41.3 Å². The zero-order valence-electron chi connectivity index (χ0n) is 18.3. The highest BCUT2D eigenvalue weighted by molar-refractivity contribution is 8.00. The Morgan fingerprint density at radius 3 is 2.50 bits per heavy atom. The van der Waals surface area contributed by atoms with Crippen LogP contribution < -0.4 is 19.9 Å². The monoisotopic (exact) mass is 548 g/mol. The van der Waals surface area contributed by atoms with Crippen molar-refractivity contribution in [2.75, 3.05) is 11.3 Å². The Morgan fingerprint density at radius 2 is 1.86 bits per heavy atom. The number of aldehydes is 1. The lowest BCUT2D eigenvalue weighted by molar-refractivity contribution is -0.274. The van der Waals surface area contributed by atoms with Crippen molar-refractivity contribution in [3.63, 3.8) is 0 Å². The molecule has 0 spiro atoms. The minimum Gasteiger partial charge on any atom is -0.505 e. The number of aromatic hydroxyl groups is 1. The number of nitrogens with one attached hydrogen (secondary N) is 1. The van der Waals surface area contributed by atoms with Gasteiger partial charge in [-0.05, 0) is 55.3 Å². The predicted molar refractivity (Wildman–Crippen MR) is 126 cm³/mol. The van der Waals surface area contributed by atoms with Crippen LogP contribution in [0.2, 0.25) is 5.02 Å². The van der Waals surface area contributed by atoms with Gasteiger partial charge in [-0.15, -0.1) is 13.2 Å². The van der Waals surface area contributed by atoms with E-state index >= 15 is 0 Å². The Morgan fingerprint density at radius 1 is 1.14 bits per heavy atom. The second-order valence-electron chi connectivity index (χ2n) is 7.35. The summed E-state index contributed by atoms with van der Waals surface area (Å²) in [5, 5.41) is 9.99. The largest absolute Gasteiger partial charge is 0.573 e. The van der Waals surface area contributed by atoms with E-state index in [1.54, 1.807) is 6.92 Å². The fourth-order valence-corrected chi connectivity index (χ4v) is 4.03. The van der Waals surface area contributed by atoms with Gasteiger partial charge in [0.05, 0.1) is 15.6 Å². The van der Waals surface area contributed by atoms with Crippen molar-refractivity contribution in [3.8, 4) is 28.4 Å². The SMILES string of the molecule is CC(CN)Oc1ccc(OC(F)(F)F)cc1-c1cc(NSc2cc(C=O)cc(Cl)c2O)c(F)cc1F. The highest BCUT2D eigenvalue weighted by Gasteiger charge is 2.31. The molecular formula is C23H18ClF5N2O4S. The van der Waals surface area contributed by atoms with Crippen LogP contribution in [0.5, 0.6) is 17.2 Å². The van der Waals surface area contributed by atoms with Crippen LogP contribution in [0, 0.1) is 11.6 Å². The quantitative estimate of drug-likeness (QED) is 0.159. The summed E-state index contributed by atoms with van der Waals surface area (Å²) >= 11 is 6.55. The Hall–Kier alpha value is -3.22. The molecular weight excluding hydrogens is 531 g/mol. The first-order chi connectivity index (χ1) is 16.9. The zero-order chi connectivity index (χ0) is 26.6. The van der Waals surface area contributed by atoms with Crippen LogP contribution in [0.25, 0.3) is 11.1 Å². The van der Waals surface area contributed by atoms with Crippen molar-refractivity contribution in [1.29, 1.82) is 0 Å². The molecule has 3 aromatic carbocycles. The maximum absolute atomic E-state index is 14.8. The third kappa shape index (κ3) is 6.71. The third-order valence-electron chi connectivity index (χ3n) is 4.65. The highest BCUT2D eigenvalue weighted by atomic mass is 35.5. The van der Waals surface area contributed by atoms with Crippen LogP contribution in [0.3, 0.4) is 0 Å². The van der Waals surface area contributed by atoms with Gasteiger partial charge >= 0.3 is 6.36 Å². The molecule has 0 bridgehead atoms. The van der Waals surface area contributed by atoms with Gasteiger partial charge in [0.1, 0.15) is 41.3 Å². The van der Waals surface area contributed by atoms with Gasteiger partial charge < -0.3 is 25.0 Å². The van der Waals surface area contributed by atoms with Crippen molar-refractivity contribution in [2.24, 2.45) is 5.73 Å². The van der Waals surface area contributed by atoms with Gasteiger partial charge in [0.2, 0.25) is 0 Å². The molecule has 13 heteroatoms. The molecule has 0 aliphatic heterocycles. The molecule has 1 atom stereocenters. The number of anilines is 1. The minimum absolute atomic E-state index is 0.0188. The lowest BCUT2D eigenvalue weighted by atomic mass is 10.0. The Kier molecular flexibility index (Phi) is 8.54. The first-order valence-corrected chi connectivity index (χ1v) is 11.3. The Bertz CT molecular complexity index is 1280. The molecule has 3 aromatic rings. The van der Waals surface area contributed by atoms with Gasteiger partial charge in [0.25, 0.3) is 0 Å². The summed E-state index contributed by atoms with van der Waals surface area (Å²) in [6.45, 7) is 1.65. The topological polar surface area (TPSA) is 93.8 Å². The van der Waals surface area contributed by atoms with Gasteiger partial charge in [-0.3, -0.25) is 4.79 Å². The number of hydrogen-bond acceptors (Lipinski definition) is 7. The van der Waals surface area contributed by atoms with E-state index in [0.29, 0.717) is 24.3 Å². The molecule has 0 aromatic heterocycles. The van der Waals surface area contributed by atoms with Gasteiger partial charge in [-0.25, -0.2) is 8.78 Å². The van der Waals surface area contributed by atoms with Gasteiger partial charge in [0, 0.05) is 29.3 Å². The molecule has 1 unspecified atom stereocenters. The normalized spacial score (nSPS) is 12.2. The molecule has 0 radical (unpaired) electrons. The number of carbonyl (C=O) groups is 1. The fourth-order valence-electron chi connectivity index (χ4n) is 2.97. The number of carbonyl (C=O) groups excluding carboxylic acids is 1. The molecule has 0 aliphatic rings. The second-order valence-corrected chi connectivity index (χ2v) is 8.61. The number of ether oxygens (including phenoxy) is 2. The van der Waals surface area contributed by atoms with Crippen LogP contribution in [0.1, 0.15) is 17.3 Å². The van der Waals surface area contributed by atoms with Crippen LogP contribution in [0.4, 0.5) is 27.6 Å². The summed E-state index contributed by atoms with van der Waals surface area (Å²) in [6.07, 6.45) is -5.09. The third-order valence-corrected chi connectivity index (χ3v) is 5.79. The molecule has 192 valence electrons. The predicted octanol–water partition coefficient (Wildman–Crippen LogP) is 6.55. The van der Waals surface area contributed by atoms with Crippen LogP contribution in [-0.4, -0.2) is 30.4 Å². The second kappa shape index (κ2) is 11.2. The summed E-state index contributed by atoms with van der Waals surface area (Å²) in [4.78, 5) is 11.1. The average Bonchev–Trinajstić information content (AvgIpc) is 2.80. The van der Waals surface area contributed by atoms with Crippen LogP contribution in [-0.2, 0) is 0 Å². The van der Waals surface area contributed by atoms with E-state index in [-0.39, 0.29) is 50.3 Å². The average molecular weight is 549 g/mol. The Labute approximate surface area is 211 Å². The number of halogens is 6. The summed E-state index contributed by atoms with van der Waals surface area (Å²) in [7, 11) is 0. The molecule has 3 rings (SSSR count). The Balaban J connectivity index is 2.04. The van der Waals surface area contributed by atoms with E-state index in [1.165, 1.54) is 12.1 Å². The van der Waals surface area contributed by atoms with Crippen LogP contribution >= 0.6 is 23.5 Å². The van der Waals surface area contributed by atoms with Crippen molar-refractivity contribution >= 4 is 35.5 Å². The summed E-state index contributed by atoms with van der Waals surface area (Å²) < 4.78 is 79.8. The van der Waals surface area contributed by atoms with Gasteiger partial charge in [0.15, 0.2) is 0 Å². The molecule has 0 saturated carbocycles. The maximum Gasteiger partial charge on any atom is 0.573 e. The molecule has 0 amide bonds. The van der Waals surface area contributed by atoms with Gasteiger partial charge in [-0.2, -0.15) is 0 Å². The van der Waals surface area contributed by atoms with E-state index in [1.807, 2.05) is 0 Å². The maximum atomic E-state index is 14.8.